The van der Waals surface area contributed by atoms with Gasteiger partial charge in [-0.25, -0.2) is 0 Å². The molecule has 0 spiro atoms. The summed E-state index contributed by atoms with van der Waals surface area (Å²) in [7, 11) is 0. The third kappa shape index (κ3) is 4.36. The summed E-state index contributed by atoms with van der Waals surface area (Å²) in [5, 5.41) is 2.10. The molecular weight excluding hydrogens is 393 g/mol. The monoisotopic (exact) mass is 408 g/mol. The number of carbonyl (C=O) groups excluding carboxylic acids is 3. The van der Waals surface area contributed by atoms with Gasteiger partial charge in [-0.3, -0.25) is 19.3 Å². The Kier molecular flexibility index (Phi) is 5.46. The number of imide groups is 1. The predicted molar refractivity (Wildman–Crippen MR) is 99.0 cm³/mol. The summed E-state index contributed by atoms with van der Waals surface area (Å²) in [6, 6.07) is 9.81. The average molecular weight is 408 g/mol. The van der Waals surface area contributed by atoms with E-state index in [1.807, 2.05) is 0 Å². The molecule has 1 saturated heterocycles. The summed E-state index contributed by atoms with van der Waals surface area (Å²) in [6.07, 6.45) is -4.52. The number of nitrogens with zero attached hydrogens (tertiary/aromatic N) is 1. The molecule has 1 fully saturated rings. The number of halogens is 3. The van der Waals surface area contributed by atoms with Crippen LogP contribution in [0.1, 0.15) is 27.0 Å². The quantitative estimate of drug-likeness (QED) is 0.811. The van der Waals surface area contributed by atoms with Crippen LogP contribution in [0.5, 0.6) is 0 Å². The molecule has 1 aliphatic rings. The summed E-state index contributed by atoms with van der Waals surface area (Å²) in [6.45, 7) is 1.38. The van der Waals surface area contributed by atoms with Gasteiger partial charge in [-0.15, -0.1) is 0 Å². The van der Waals surface area contributed by atoms with Crippen LogP contribution in [0.25, 0.3) is 0 Å². The molecule has 9 heteroatoms. The largest absolute Gasteiger partial charge is 0.416 e. The number of hydrogen-bond donors (Lipinski definition) is 1. The molecule has 2 aromatic rings. The molecule has 1 N–H and O–H groups in total. The second-order valence-electron chi connectivity index (χ2n) is 6.22. The maximum Gasteiger partial charge on any atom is 0.416 e. The van der Waals surface area contributed by atoms with Gasteiger partial charge in [0.25, 0.3) is 11.1 Å². The number of hydrogen-bond acceptors (Lipinski definition) is 4. The molecule has 1 heterocycles. The molecule has 2 aromatic carbocycles. The summed E-state index contributed by atoms with van der Waals surface area (Å²) in [5.74, 6) is -0.801. The standard InChI is InChI=1S/C19H15F3N2O3S/c1-11-5-6-14(8-15(11)19(20,21)22)23-17(26)13-4-2-3-12(7-13)9-24-16(25)10-28-18(24)27/h2-8H,9-10H2,1H3,(H,23,26). The summed E-state index contributed by atoms with van der Waals surface area (Å²) in [5.41, 5.74) is 0.0395. The SMILES string of the molecule is Cc1ccc(NC(=O)c2cccc(CN3C(=O)CSC3=O)c2)cc1C(F)(F)F. The molecule has 1 aliphatic heterocycles. The van der Waals surface area contributed by atoms with E-state index in [9.17, 15) is 27.6 Å². The molecule has 28 heavy (non-hydrogen) atoms. The normalized spacial score (nSPS) is 14.5. The molecule has 0 unspecified atom stereocenters. The van der Waals surface area contributed by atoms with Crippen LogP contribution in [-0.4, -0.2) is 27.7 Å². The summed E-state index contributed by atoms with van der Waals surface area (Å²) < 4.78 is 39.1. The van der Waals surface area contributed by atoms with Gasteiger partial charge < -0.3 is 5.32 Å². The highest BCUT2D eigenvalue weighted by Crippen LogP contribution is 2.33. The van der Waals surface area contributed by atoms with Gasteiger partial charge in [-0.1, -0.05) is 30.0 Å². The van der Waals surface area contributed by atoms with Crippen LogP contribution in [0.2, 0.25) is 0 Å². The van der Waals surface area contributed by atoms with Crippen LogP contribution in [-0.2, 0) is 17.5 Å². The Morgan fingerprint density at radius 2 is 1.93 bits per heavy atom. The molecule has 0 aliphatic carbocycles. The lowest BCUT2D eigenvalue weighted by atomic mass is 10.1. The fraction of sp³-hybridized carbons (Fsp3) is 0.211. The minimum absolute atomic E-state index is 0.0228. The Hall–Kier alpha value is -2.81. The number of amides is 3. The van der Waals surface area contributed by atoms with E-state index in [0.29, 0.717) is 5.56 Å². The van der Waals surface area contributed by atoms with Gasteiger partial charge in [0.15, 0.2) is 0 Å². The van der Waals surface area contributed by atoms with E-state index in [1.165, 1.54) is 31.2 Å². The number of alkyl halides is 3. The molecule has 0 bridgehead atoms. The van der Waals surface area contributed by atoms with Gasteiger partial charge in [0, 0.05) is 11.3 Å². The van der Waals surface area contributed by atoms with Crippen molar-refractivity contribution in [1.29, 1.82) is 0 Å². The van der Waals surface area contributed by atoms with Crippen LogP contribution >= 0.6 is 11.8 Å². The van der Waals surface area contributed by atoms with Crippen molar-refractivity contribution < 1.29 is 27.6 Å². The zero-order chi connectivity index (χ0) is 20.5. The topological polar surface area (TPSA) is 66.5 Å². The van der Waals surface area contributed by atoms with Crippen molar-refractivity contribution in [2.24, 2.45) is 0 Å². The highest BCUT2D eigenvalue weighted by molar-refractivity contribution is 8.14. The van der Waals surface area contributed by atoms with E-state index in [0.717, 1.165) is 22.7 Å². The Bertz CT molecular complexity index is 944. The second kappa shape index (κ2) is 7.67. The van der Waals surface area contributed by atoms with Crippen LogP contribution in [0.4, 0.5) is 23.7 Å². The molecule has 0 saturated carbocycles. The van der Waals surface area contributed by atoms with E-state index < -0.39 is 17.6 Å². The number of benzene rings is 2. The third-order valence-electron chi connectivity index (χ3n) is 4.17. The first-order valence-corrected chi connectivity index (χ1v) is 9.19. The highest BCUT2D eigenvalue weighted by atomic mass is 32.2. The van der Waals surface area contributed by atoms with Gasteiger partial charge in [-0.05, 0) is 42.3 Å². The average Bonchev–Trinajstić information content (AvgIpc) is 2.94. The number of carbonyl (C=O) groups is 3. The molecule has 0 atom stereocenters. The van der Waals surface area contributed by atoms with E-state index in [1.54, 1.807) is 12.1 Å². The lowest BCUT2D eigenvalue weighted by Crippen LogP contribution is -2.28. The number of rotatable bonds is 4. The van der Waals surface area contributed by atoms with Gasteiger partial charge in [0.1, 0.15) is 0 Å². The van der Waals surface area contributed by atoms with Crippen LogP contribution < -0.4 is 5.32 Å². The smallest absolute Gasteiger partial charge is 0.322 e. The van der Waals surface area contributed by atoms with Crippen molar-refractivity contribution in [3.8, 4) is 0 Å². The number of aryl methyl sites for hydroxylation is 1. The molecule has 146 valence electrons. The lowest BCUT2D eigenvalue weighted by Gasteiger charge is -2.14. The fourth-order valence-electron chi connectivity index (χ4n) is 2.74. The van der Waals surface area contributed by atoms with Crippen molar-refractivity contribution in [3.05, 3.63) is 64.7 Å². The van der Waals surface area contributed by atoms with Crippen LogP contribution in [0.15, 0.2) is 42.5 Å². The van der Waals surface area contributed by atoms with E-state index >= 15 is 0 Å². The Morgan fingerprint density at radius 3 is 2.57 bits per heavy atom. The van der Waals surface area contributed by atoms with E-state index in [2.05, 4.69) is 5.32 Å². The van der Waals surface area contributed by atoms with Crippen LogP contribution in [0, 0.1) is 6.92 Å². The lowest BCUT2D eigenvalue weighted by molar-refractivity contribution is -0.138. The minimum atomic E-state index is -4.52. The van der Waals surface area contributed by atoms with Crippen molar-refractivity contribution in [3.63, 3.8) is 0 Å². The van der Waals surface area contributed by atoms with Crippen molar-refractivity contribution in [1.82, 2.24) is 4.90 Å². The molecule has 3 amide bonds. The Balaban J connectivity index is 1.77. The Morgan fingerprint density at radius 1 is 1.18 bits per heavy atom. The van der Waals surface area contributed by atoms with Crippen molar-refractivity contribution in [2.75, 3.05) is 11.1 Å². The molecule has 5 nitrogen and oxygen atoms in total. The predicted octanol–water partition coefficient (Wildman–Crippen LogP) is 4.46. The van der Waals surface area contributed by atoms with Gasteiger partial charge in [0.05, 0.1) is 17.9 Å². The Labute approximate surface area is 162 Å². The fourth-order valence-corrected chi connectivity index (χ4v) is 3.46. The highest BCUT2D eigenvalue weighted by Gasteiger charge is 2.32. The number of thioether (sulfide) groups is 1. The van der Waals surface area contributed by atoms with E-state index in [-0.39, 0.29) is 40.3 Å². The van der Waals surface area contributed by atoms with Gasteiger partial charge >= 0.3 is 6.18 Å². The molecule has 0 aromatic heterocycles. The van der Waals surface area contributed by atoms with Crippen molar-refractivity contribution in [2.45, 2.75) is 19.6 Å². The maximum atomic E-state index is 13.0. The molecule has 3 rings (SSSR count). The minimum Gasteiger partial charge on any atom is -0.322 e. The summed E-state index contributed by atoms with van der Waals surface area (Å²) in [4.78, 5) is 36.9. The van der Waals surface area contributed by atoms with Gasteiger partial charge in [-0.2, -0.15) is 13.2 Å². The second-order valence-corrected chi connectivity index (χ2v) is 7.14. The zero-order valence-electron chi connectivity index (χ0n) is 14.7. The zero-order valence-corrected chi connectivity index (χ0v) is 15.5. The van der Waals surface area contributed by atoms with Crippen LogP contribution in [0.3, 0.4) is 0 Å². The first-order chi connectivity index (χ1) is 13.1. The first kappa shape index (κ1) is 19.9. The molecule has 0 radical (unpaired) electrons. The van der Waals surface area contributed by atoms with Crippen molar-refractivity contribution >= 4 is 34.5 Å². The number of anilines is 1. The van der Waals surface area contributed by atoms with E-state index in [4.69, 9.17) is 0 Å². The molecular formula is C19H15F3N2O3S. The first-order valence-electron chi connectivity index (χ1n) is 8.20. The number of nitrogens with one attached hydrogen (secondary N) is 1. The maximum absolute atomic E-state index is 13.0. The summed E-state index contributed by atoms with van der Waals surface area (Å²) >= 11 is 0.916. The third-order valence-corrected chi connectivity index (χ3v) is 5.03. The van der Waals surface area contributed by atoms with Gasteiger partial charge in [0.2, 0.25) is 5.91 Å².